The van der Waals surface area contributed by atoms with Crippen LogP contribution in [-0.2, 0) is 25.0 Å². The van der Waals surface area contributed by atoms with E-state index in [-0.39, 0.29) is 17.3 Å². The van der Waals surface area contributed by atoms with Crippen LogP contribution in [0.15, 0.2) is 41.3 Å². The highest BCUT2D eigenvalue weighted by Crippen LogP contribution is 2.41. The number of benzene rings is 2. The maximum Gasteiger partial charge on any atom is 0.243 e. The van der Waals surface area contributed by atoms with Crippen LogP contribution in [0.4, 0.5) is 10.8 Å². The number of likely N-dealkylation sites (N-methyl/N-ethyl adjacent to an activating group) is 2. The summed E-state index contributed by atoms with van der Waals surface area (Å²) in [5.74, 6) is 0.0667. The topological polar surface area (TPSA) is 109 Å². The van der Waals surface area contributed by atoms with Gasteiger partial charge in [-0.2, -0.15) is 4.31 Å². The average molecular weight is 489 g/mol. The molecule has 0 unspecified atom stereocenters. The molecule has 1 aliphatic rings. The molecule has 0 aliphatic carbocycles. The number of hydrogen-bond donors (Lipinski definition) is 1. The van der Waals surface area contributed by atoms with Crippen LogP contribution in [0.1, 0.15) is 19.4 Å². The van der Waals surface area contributed by atoms with Crippen LogP contribution in [0.5, 0.6) is 5.75 Å². The molecule has 0 spiro atoms. The Morgan fingerprint density at radius 1 is 1.24 bits per heavy atom. The molecule has 0 saturated carbocycles. The summed E-state index contributed by atoms with van der Waals surface area (Å²) in [7, 11) is 0.618. The lowest BCUT2D eigenvalue weighted by Crippen LogP contribution is -2.35. The number of sulfonamides is 1. The molecule has 2 amide bonds. The molecule has 1 aliphatic heterocycles. The lowest BCUT2D eigenvalue weighted by molar-refractivity contribution is -0.121. The van der Waals surface area contributed by atoms with Gasteiger partial charge in [0.05, 0.1) is 34.2 Å². The Hall–Kier alpha value is -3.02. The summed E-state index contributed by atoms with van der Waals surface area (Å²) in [5.41, 5.74) is 1.19. The van der Waals surface area contributed by atoms with Gasteiger partial charge in [-0.1, -0.05) is 11.3 Å². The Labute approximate surface area is 196 Å². The van der Waals surface area contributed by atoms with E-state index in [1.165, 1.54) is 35.4 Å². The molecule has 174 valence electrons. The van der Waals surface area contributed by atoms with E-state index in [1.807, 2.05) is 6.07 Å². The Kier molecular flexibility index (Phi) is 5.67. The Morgan fingerprint density at radius 3 is 2.67 bits per heavy atom. The van der Waals surface area contributed by atoms with Gasteiger partial charge in [-0.3, -0.25) is 9.59 Å². The molecular formula is C22H24N4O5S2. The second-order valence-electron chi connectivity index (χ2n) is 8.33. The number of aromatic nitrogens is 1. The van der Waals surface area contributed by atoms with Crippen molar-refractivity contribution in [1.82, 2.24) is 9.29 Å². The maximum absolute atomic E-state index is 13.1. The molecule has 0 bridgehead atoms. The maximum atomic E-state index is 13.1. The van der Waals surface area contributed by atoms with Crippen molar-refractivity contribution in [3.05, 3.63) is 42.0 Å². The van der Waals surface area contributed by atoms with E-state index >= 15 is 0 Å². The summed E-state index contributed by atoms with van der Waals surface area (Å²) in [4.78, 5) is 31.0. The van der Waals surface area contributed by atoms with Crippen molar-refractivity contribution in [3.8, 4) is 5.75 Å². The summed E-state index contributed by atoms with van der Waals surface area (Å²) in [6.07, 6.45) is 0. The Bertz CT molecular complexity index is 1380. The van der Waals surface area contributed by atoms with Crippen molar-refractivity contribution in [3.63, 3.8) is 0 Å². The fourth-order valence-corrected chi connectivity index (χ4v) is 5.89. The minimum absolute atomic E-state index is 0.0276. The van der Waals surface area contributed by atoms with Gasteiger partial charge in [0.15, 0.2) is 5.13 Å². The van der Waals surface area contributed by atoms with Crippen molar-refractivity contribution in [1.29, 1.82) is 0 Å². The van der Waals surface area contributed by atoms with Gasteiger partial charge in [-0.05, 0) is 55.8 Å². The number of nitrogens with one attached hydrogen (secondary N) is 1. The van der Waals surface area contributed by atoms with Gasteiger partial charge in [-0.15, -0.1) is 0 Å². The molecule has 0 atom stereocenters. The van der Waals surface area contributed by atoms with Gasteiger partial charge in [-0.25, -0.2) is 13.4 Å². The smallest absolute Gasteiger partial charge is 0.243 e. The fourth-order valence-electron chi connectivity index (χ4n) is 3.82. The first-order valence-electron chi connectivity index (χ1n) is 10.1. The molecule has 11 heteroatoms. The van der Waals surface area contributed by atoms with Crippen LogP contribution in [0.3, 0.4) is 0 Å². The van der Waals surface area contributed by atoms with Crippen molar-refractivity contribution >= 4 is 54.2 Å². The predicted molar refractivity (Wildman–Crippen MR) is 127 cm³/mol. The lowest BCUT2D eigenvalue weighted by Gasteiger charge is -2.19. The van der Waals surface area contributed by atoms with Gasteiger partial charge in [0, 0.05) is 19.8 Å². The first kappa shape index (κ1) is 23.1. The summed E-state index contributed by atoms with van der Waals surface area (Å²) in [6.45, 7) is 3.14. The first-order valence-corrected chi connectivity index (χ1v) is 12.3. The molecule has 2 aromatic carbocycles. The number of amides is 2. The molecule has 4 rings (SSSR count). The zero-order valence-corrected chi connectivity index (χ0v) is 20.5. The van der Waals surface area contributed by atoms with E-state index < -0.39 is 21.3 Å². The number of thiazole rings is 1. The number of anilines is 2. The van der Waals surface area contributed by atoms with Gasteiger partial charge < -0.3 is 15.0 Å². The average Bonchev–Trinajstić information content (AvgIpc) is 3.24. The second-order valence-corrected chi connectivity index (χ2v) is 11.4. The van der Waals surface area contributed by atoms with Crippen LogP contribution in [0.2, 0.25) is 0 Å². The molecule has 0 radical (unpaired) electrons. The van der Waals surface area contributed by atoms with Crippen molar-refractivity contribution < 1.29 is 22.7 Å². The third-order valence-corrected chi connectivity index (χ3v) is 8.49. The monoisotopic (exact) mass is 488 g/mol. The highest BCUT2D eigenvalue weighted by Gasteiger charge is 2.43. The molecule has 33 heavy (non-hydrogen) atoms. The molecule has 0 saturated heterocycles. The predicted octanol–water partition coefficient (Wildman–Crippen LogP) is 2.82. The molecule has 1 aromatic heterocycles. The quantitative estimate of drug-likeness (QED) is 0.572. The van der Waals surface area contributed by atoms with Gasteiger partial charge in [0.2, 0.25) is 21.8 Å². The van der Waals surface area contributed by atoms with E-state index in [1.54, 1.807) is 46.2 Å². The number of rotatable bonds is 6. The van der Waals surface area contributed by atoms with Crippen molar-refractivity contribution in [2.75, 3.05) is 38.0 Å². The Morgan fingerprint density at radius 2 is 1.97 bits per heavy atom. The zero-order chi connectivity index (χ0) is 24.1. The first-order chi connectivity index (χ1) is 15.4. The highest BCUT2D eigenvalue weighted by molar-refractivity contribution is 7.89. The summed E-state index contributed by atoms with van der Waals surface area (Å²) < 4.78 is 33.3. The van der Waals surface area contributed by atoms with Gasteiger partial charge >= 0.3 is 0 Å². The van der Waals surface area contributed by atoms with Crippen LogP contribution < -0.4 is 15.0 Å². The van der Waals surface area contributed by atoms with Crippen LogP contribution in [0, 0.1) is 0 Å². The SMILES string of the molecule is COc1ccc2nc(NC(=O)CN(C)S(=O)(=O)c3ccc4c(c3)C(C)(C)C(=O)N4C)sc2c1. The molecule has 9 nitrogen and oxygen atoms in total. The summed E-state index contributed by atoms with van der Waals surface area (Å²) in [5, 5.41) is 3.03. The minimum Gasteiger partial charge on any atom is -0.497 e. The standard InChI is InChI=1S/C22H24N4O5S2/c1-22(2)15-11-14(7-9-17(15)26(4)20(22)28)33(29,30)25(3)12-19(27)24-21-23-16-8-6-13(31-5)10-18(16)32-21/h6-11H,12H2,1-5H3,(H,23,24,27). The molecule has 2 heterocycles. The summed E-state index contributed by atoms with van der Waals surface area (Å²) >= 11 is 1.27. The summed E-state index contributed by atoms with van der Waals surface area (Å²) in [6, 6.07) is 9.97. The van der Waals surface area contributed by atoms with E-state index in [4.69, 9.17) is 4.74 Å². The van der Waals surface area contributed by atoms with E-state index in [9.17, 15) is 18.0 Å². The number of fused-ring (bicyclic) bond motifs is 2. The van der Waals surface area contributed by atoms with Crippen LogP contribution in [0.25, 0.3) is 10.2 Å². The third kappa shape index (κ3) is 3.96. The minimum atomic E-state index is -3.96. The number of methoxy groups -OCH3 is 1. The van der Waals surface area contributed by atoms with Crippen molar-refractivity contribution in [2.24, 2.45) is 0 Å². The van der Waals surface area contributed by atoms with Crippen LogP contribution >= 0.6 is 11.3 Å². The number of carbonyl (C=O) groups excluding carboxylic acids is 2. The zero-order valence-electron chi connectivity index (χ0n) is 18.9. The van der Waals surface area contributed by atoms with Gasteiger partial charge in [0.1, 0.15) is 5.75 Å². The molecule has 1 N–H and O–H groups in total. The fraction of sp³-hybridized carbons (Fsp3) is 0.318. The van der Waals surface area contributed by atoms with Crippen LogP contribution in [-0.4, -0.2) is 57.3 Å². The van der Waals surface area contributed by atoms with Crippen molar-refractivity contribution in [2.45, 2.75) is 24.2 Å². The van der Waals surface area contributed by atoms with Gasteiger partial charge in [0.25, 0.3) is 0 Å². The second kappa shape index (κ2) is 8.08. The largest absolute Gasteiger partial charge is 0.497 e. The lowest BCUT2D eigenvalue weighted by atomic mass is 9.86. The Balaban J connectivity index is 1.51. The molecule has 0 fully saturated rings. The third-order valence-electron chi connectivity index (χ3n) is 5.76. The number of carbonyl (C=O) groups is 2. The number of ether oxygens (including phenoxy) is 1. The highest BCUT2D eigenvalue weighted by atomic mass is 32.2. The normalized spacial score (nSPS) is 15.2. The molecular weight excluding hydrogens is 464 g/mol. The van der Waals surface area contributed by atoms with E-state index in [2.05, 4.69) is 10.3 Å². The van der Waals surface area contributed by atoms with E-state index in [0.29, 0.717) is 27.6 Å². The molecule has 3 aromatic rings. The number of nitrogens with zero attached hydrogens (tertiary/aromatic N) is 3. The number of hydrogen-bond acceptors (Lipinski definition) is 7. The van der Waals surface area contributed by atoms with E-state index in [0.717, 1.165) is 9.01 Å².